The zero-order valence-corrected chi connectivity index (χ0v) is 10.5. The maximum absolute atomic E-state index is 5.01. The van der Waals surface area contributed by atoms with E-state index in [0.29, 0.717) is 16.7 Å². The van der Waals surface area contributed by atoms with Crippen molar-refractivity contribution in [1.29, 1.82) is 0 Å². The first kappa shape index (κ1) is 11.5. The van der Waals surface area contributed by atoms with Crippen LogP contribution < -0.4 is 10.2 Å². The van der Waals surface area contributed by atoms with Crippen LogP contribution in [0.4, 0.5) is 17.6 Å². The normalized spacial score (nSPS) is 10.0. The fourth-order valence-corrected chi connectivity index (χ4v) is 1.48. The summed E-state index contributed by atoms with van der Waals surface area (Å²) >= 11 is 5.01. The zero-order valence-electron chi connectivity index (χ0n) is 9.64. The molecule has 0 amide bonds. The molecular formula is C11H13N5S. The molecule has 2 rings (SSSR count). The summed E-state index contributed by atoms with van der Waals surface area (Å²) in [4.78, 5) is 13.1. The molecule has 6 heteroatoms. The van der Waals surface area contributed by atoms with E-state index < -0.39 is 0 Å². The zero-order chi connectivity index (χ0) is 12.3. The van der Waals surface area contributed by atoms with Gasteiger partial charge in [0.2, 0.25) is 16.7 Å². The highest BCUT2D eigenvalue weighted by atomic mass is 32.1. The minimum Gasteiger partial charge on any atom is -0.348 e. The molecule has 0 aliphatic carbocycles. The van der Waals surface area contributed by atoms with Crippen LogP contribution in [0.25, 0.3) is 0 Å². The van der Waals surface area contributed by atoms with Crippen LogP contribution in [0.2, 0.25) is 0 Å². The Balaban J connectivity index is 2.30. The van der Waals surface area contributed by atoms with E-state index in [1.165, 1.54) is 0 Å². The van der Waals surface area contributed by atoms with Gasteiger partial charge in [-0.05, 0) is 24.4 Å². The van der Waals surface area contributed by atoms with E-state index in [4.69, 9.17) is 12.2 Å². The maximum atomic E-state index is 5.01. The summed E-state index contributed by atoms with van der Waals surface area (Å²) in [7, 11) is 3.78. The first-order valence-electron chi connectivity index (χ1n) is 5.13. The number of H-pyrrole nitrogens is 1. The molecule has 17 heavy (non-hydrogen) atoms. The number of nitrogens with zero attached hydrogens (tertiary/aromatic N) is 3. The van der Waals surface area contributed by atoms with Gasteiger partial charge in [-0.3, -0.25) is 4.98 Å². The first-order valence-corrected chi connectivity index (χ1v) is 5.54. The van der Waals surface area contributed by atoms with E-state index in [1.807, 2.05) is 49.3 Å². The number of anilines is 3. The highest BCUT2D eigenvalue weighted by molar-refractivity contribution is 7.71. The predicted molar refractivity (Wildman–Crippen MR) is 71.3 cm³/mol. The standard InChI is InChI=1S/C11H13N5S/c1-16(2)10-13-9(14-11(17)15-10)12-8-6-4-3-5-7-8/h3-7H,1-2H3,(H2,12,13,14,15,17). The van der Waals surface area contributed by atoms with Crippen molar-refractivity contribution in [2.45, 2.75) is 0 Å². The largest absolute Gasteiger partial charge is 0.348 e. The van der Waals surface area contributed by atoms with Gasteiger partial charge in [0.15, 0.2) is 0 Å². The predicted octanol–water partition coefficient (Wildman–Crippen LogP) is 2.34. The van der Waals surface area contributed by atoms with Gasteiger partial charge >= 0.3 is 0 Å². The molecular weight excluding hydrogens is 234 g/mol. The first-order chi connectivity index (χ1) is 8.15. The monoisotopic (exact) mass is 247 g/mol. The van der Waals surface area contributed by atoms with Crippen molar-refractivity contribution in [3.8, 4) is 0 Å². The number of rotatable bonds is 3. The number of nitrogens with one attached hydrogen (secondary N) is 2. The van der Waals surface area contributed by atoms with Crippen LogP contribution in [0.15, 0.2) is 30.3 Å². The van der Waals surface area contributed by atoms with Crippen LogP contribution in [-0.2, 0) is 0 Å². The Hall–Kier alpha value is -1.95. The third-order valence-corrected chi connectivity index (χ3v) is 2.28. The molecule has 5 nitrogen and oxygen atoms in total. The lowest BCUT2D eigenvalue weighted by atomic mass is 10.3. The fourth-order valence-electron chi connectivity index (χ4n) is 1.30. The van der Waals surface area contributed by atoms with Crippen LogP contribution in [0.3, 0.4) is 0 Å². The number of para-hydroxylation sites is 1. The second kappa shape index (κ2) is 4.92. The molecule has 0 unspecified atom stereocenters. The summed E-state index contributed by atoms with van der Waals surface area (Å²) in [5.74, 6) is 1.25. The molecule has 0 atom stereocenters. The molecule has 0 spiro atoms. The molecule has 88 valence electrons. The van der Waals surface area contributed by atoms with Crippen molar-refractivity contribution in [2.24, 2.45) is 0 Å². The van der Waals surface area contributed by atoms with Gasteiger partial charge in [0.25, 0.3) is 0 Å². The van der Waals surface area contributed by atoms with Crippen molar-refractivity contribution in [1.82, 2.24) is 15.0 Å². The Morgan fingerprint density at radius 3 is 2.53 bits per heavy atom. The Morgan fingerprint density at radius 1 is 1.18 bits per heavy atom. The molecule has 0 fully saturated rings. The van der Waals surface area contributed by atoms with Crippen LogP contribution in [-0.4, -0.2) is 29.0 Å². The summed E-state index contributed by atoms with van der Waals surface area (Å²) in [5.41, 5.74) is 0.946. The molecule has 0 saturated heterocycles. The van der Waals surface area contributed by atoms with Crippen LogP contribution in [0, 0.1) is 4.77 Å². The van der Waals surface area contributed by atoms with Gasteiger partial charge in [-0.2, -0.15) is 9.97 Å². The molecule has 1 heterocycles. The van der Waals surface area contributed by atoms with E-state index in [2.05, 4.69) is 20.3 Å². The lowest BCUT2D eigenvalue weighted by Crippen LogP contribution is -2.14. The Morgan fingerprint density at radius 2 is 1.88 bits per heavy atom. The molecule has 1 aromatic carbocycles. The third kappa shape index (κ3) is 3.01. The van der Waals surface area contributed by atoms with Gasteiger partial charge in [-0.15, -0.1) is 0 Å². The van der Waals surface area contributed by atoms with E-state index in [9.17, 15) is 0 Å². The van der Waals surface area contributed by atoms with Gasteiger partial charge in [0.1, 0.15) is 0 Å². The van der Waals surface area contributed by atoms with Crippen LogP contribution in [0.5, 0.6) is 0 Å². The van der Waals surface area contributed by atoms with Crippen molar-refractivity contribution < 1.29 is 0 Å². The quantitative estimate of drug-likeness (QED) is 0.815. The summed E-state index contributed by atoms with van der Waals surface area (Å²) in [5, 5.41) is 3.14. The van der Waals surface area contributed by atoms with Crippen molar-refractivity contribution in [2.75, 3.05) is 24.3 Å². The topological polar surface area (TPSA) is 56.8 Å². The van der Waals surface area contributed by atoms with Gasteiger partial charge < -0.3 is 10.2 Å². The Labute approximate surface area is 105 Å². The lowest BCUT2D eigenvalue weighted by molar-refractivity contribution is 0.949. The SMILES string of the molecule is CN(C)c1nc(=S)nc(Nc2ccccc2)[nH]1. The fraction of sp³-hybridized carbons (Fsp3) is 0.182. The second-order valence-corrected chi connectivity index (χ2v) is 4.05. The molecule has 0 bridgehead atoms. The lowest BCUT2D eigenvalue weighted by Gasteiger charge is -2.12. The number of hydrogen-bond acceptors (Lipinski definition) is 5. The minimum absolute atomic E-state index is 0.311. The van der Waals surface area contributed by atoms with E-state index in [1.54, 1.807) is 0 Å². The summed E-state index contributed by atoms with van der Waals surface area (Å²) < 4.78 is 0.311. The number of hydrogen-bond donors (Lipinski definition) is 2. The summed E-state index contributed by atoms with van der Waals surface area (Å²) in [6, 6.07) is 9.76. The maximum Gasteiger partial charge on any atom is 0.225 e. The Bertz CT molecular complexity index is 549. The van der Waals surface area contributed by atoms with E-state index in [0.717, 1.165) is 5.69 Å². The molecule has 0 saturated carbocycles. The molecule has 0 aliphatic rings. The summed E-state index contributed by atoms with van der Waals surface area (Å²) in [6.45, 7) is 0. The smallest absolute Gasteiger partial charge is 0.225 e. The number of benzene rings is 1. The molecule has 2 aromatic rings. The van der Waals surface area contributed by atoms with Crippen molar-refractivity contribution in [3.05, 3.63) is 35.1 Å². The van der Waals surface area contributed by atoms with Gasteiger partial charge in [-0.25, -0.2) is 0 Å². The Kier molecular flexibility index (Phi) is 3.34. The van der Waals surface area contributed by atoms with Crippen molar-refractivity contribution >= 4 is 29.8 Å². The highest BCUT2D eigenvalue weighted by Crippen LogP contribution is 2.13. The molecule has 1 aromatic heterocycles. The number of aromatic nitrogens is 3. The number of aromatic amines is 1. The molecule has 0 aliphatic heterocycles. The van der Waals surface area contributed by atoms with Crippen molar-refractivity contribution in [3.63, 3.8) is 0 Å². The second-order valence-electron chi connectivity index (χ2n) is 3.69. The molecule has 0 radical (unpaired) electrons. The van der Waals surface area contributed by atoms with Gasteiger partial charge in [-0.1, -0.05) is 18.2 Å². The van der Waals surface area contributed by atoms with Crippen LogP contribution in [0.1, 0.15) is 0 Å². The minimum atomic E-state index is 0.311. The average molecular weight is 247 g/mol. The summed E-state index contributed by atoms with van der Waals surface area (Å²) in [6.07, 6.45) is 0. The highest BCUT2D eigenvalue weighted by Gasteiger charge is 2.02. The van der Waals surface area contributed by atoms with Gasteiger partial charge in [0, 0.05) is 19.8 Å². The molecule has 2 N–H and O–H groups in total. The average Bonchev–Trinajstić information content (AvgIpc) is 2.29. The third-order valence-electron chi connectivity index (χ3n) is 2.10. The van der Waals surface area contributed by atoms with Gasteiger partial charge in [0.05, 0.1) is 0 Å². The van der Waals surface area contributed by atoms with E-state index in [-0.39, 0.29) is 0 Å². The van der Waals surface area contributed by atoms with E-state index >= 15 is 0 Å². The van der Waals surface area contributed by atoms with Crippen LogP contribution >= 0.6 is 12.2 Å².